The summed E-state index contributed by atoms with van der Waals surface area (Å²) in [6, 6.07) is 19.2. The van der Waals surface area contributed by atoms with Gasteiger partial charge in [-0.1, -0.05) is 58.4 Å². The molecule has 0 aromatic heterocycles. The molecule has 0 radical (unpaired) electrons. The largest absolute Gasteiger partial charge is 0.313 e. The highest BCUT2D eigenvalue weighted by Crippen LogP contribution is 2.11. The lowest BCUT2D eigenvalue weighted by Crippen LogP contribution is -2.14. The van der Waals surface area contributed by atoms with Gasteiger partial charge in [0, 0.05) is 11.0 Å². The van der Waals surface area contributed by atoms with Crippen LogP contribution in [0.25, 0.3) is 0 Å². The summed E-state index contributed by atoms with van der Waals surface area (Å²) in [6.45, 7) is 2.03. The van der Waals surface area contributed by atoms with Crippen LogP contribution in [0.15, 0.2) is 59.1 Å². The first-order valence-electron chi connectivity index (χ1n) is 6.84. The Bertz CT molecular complexity index is 482. The molecule has 0 atom stereocenters. The van der Waals surface area contributed by atoms with Crippen LogP contribution in [0.2, 0.25) is 0 Å². The smallest absolute Gasteiger partial charge is 0.0205 e. The lowest BCUT2D eigenvalue weighted by molar-refractivity contribution is 0.623. The second kappa shape index (κ2) is 8.13. The van der Waals surface area contributed by atoms with Crippen molar-refractivity contribution in [1.82, 2.24) is 5.32 Å². The number of rotatable bonds is 7. The number of hydrogen-bond acceptors (Lipinski definition) is 1. The fourth-order valence-electron chi connectivity index (χ4n) is 2.10. The summed E-state index contributed by atoms with van der Waals surface area (Å²) in [7, 11) is 0. The van der Waals surface area contributed by atoms with E-state index in [9.17, 15) is 0 Å². The van der Waals surface area contributed by atoms with Crippen LogP contribution in [0.5, 0.6) is 0 Å². The van der Waals surface area contributed by atoms with Gasteiger partial charge in [0.2, 0.25) is 0 Å². The van der Waals surface area contributed by atoms with Crippen molar-refractivity contribution in [3.05, 3.63) is 70.2 Å². The minimum absolute atomic E-state index is 0.949. The normalized spacial score (nSPS) is 10.6. The molecule has 0 amide bonds. The van der Waals surface area contributed by atoms with Crippen LogP contribution in [0, 0.1) is 0 Å². The van der Waals surface area contributed by atoms with E-state index in [0.717, 1.165) is 17.6 Å². The molecule has 100 valence electrons. The van der Waals surface area contributed by atoms with Gasteiger partial charge < -0.3 is 5.32 Å². The zero-order valence-corrected chi connectivity index (χ0v) is 12.7. The third-order valence-electron chi connectivity index (χ3n) is 3.13. The lowest BCUT2D eigenvalue weighted by Gasteiger charge is -2.05. The van der Waals surface area contributed by atoms with Gasteiger partial charge in [-0.2, -0.15) is 0 Å². The van der Waals surface area contributed by atoms with Crippen molar-refractivity contribution in [1.29, 1.82) is 0 Å². The number of halogens is 1. The molecule has 2 heteroatoms. The van der Waals surface area contributed by atoms with Crippen molar-refractivity contribution in [3.63, 3.8) is 0 Å². The van der Waals surface area contributed by atoms with Gasteiger partial charge >= 0.3 is 0 Å². The number of aryl methyl sites for hydroxylation is 1. The molecular formula is C17H20BrN. The number of nitrogens with one attached hydrogen (secondary N) is 1. The first-order chi connectivity index (χ1) is 9.34. The summed E-state index contributed by atoms with van der Waals surface area (Å²) in [5.74, 6) is 0. The molecule has 0 heterocycles. The van der Waals surface area contributed by atoms with Crippen LogP contribution in [0.3, 0.4) is 0 Å². The molecule has 0 unspecified atom stereocenters. The molecule has 0 aliphatic heterocycles. The van der Waals surface area contributed by atoms with E-state index in [1.807, 2.05) is 0 Å². The molecule has 2 rings (SSSR count). The van der Waals surface area contributed by atoms with Crippen LogP contribution in [0.4, 0.5) is 0 Å². The van der Waals surface area contributed by atoms with E-state index in [2.05, 4.69) is 75.8 Å². The highest BCUT2D eigenvalue weighted by atomic mass is 79.9. The fraction of sp³-hybridized carbons (Fsp3) is 0.294. The summed E-state index contributed by atoms with van der Waals surface area (Å²) in [5.41, 5.74) is 2.77. The van der Waals surface area contributed by atoms with Crippen LogP contribution in [-0.4, -0.2) is 6.54 Å². The zero-order valence-electron chi connectivity index (χ0n) is 11.1. The molecule has 2 aromatic carbocycles. The molecule has 0 saturated heterocycles. The molecule has 0 fully saturated rings. The van der Waals surface area contributed by atoms with E-state index in [1.54, 1.807) is 0 Å². The second-order valence-corrected chi connectivity index (χ2v) is 5.67. The highest BCUT2D eigenvalue weighted by molar-refractivity contribution is 9.10. The van der Waals surface area contributed by atoms with E-state index >= 15 is 0 Å². The second-order valence-electron chi connectivity index (χ2n) is 4.75. The maximum absolute atomic E-state index is 3.49. The van der Waals surface area contributed by atoms with Gasteiger partial charge in [-0.05, 0) is 49.1 Å². The predicted octanol–water partition coefficient (Wildman–Crippen LogP) is 4.56. The summed E-state index contributed by atoms with van der Waals surface area (Å²) in [6.07, 6.45) is 3.65. The van der Waals surface area contributed by atoms with E-state index in [0.29, 0.717) is 0 Å². The third kappa shape index (κ3) is 5.58. The average Bonchev–Trinajstić information content (AvgIpc) is 2.44. The molecule has 0 aliphatic rings. The molecule has 0 spiro atoms. The van der Waals surface area contributed by atoms with E-state index in [-0.39, 0.29) is 0 Å². The third-order valence-corrected chi connectivity index (χ3v) is 3.62. The summed E-state index contributed by atoms with van der Waals surface area (Å²) in [5, 5.41) is 3.49. The zero-order chi connectivity index (χ0) is 13.3. The number of unbranched alkanes of at least 4 members (excludes halogenated alkanes) is 1. The predicted molar refractivity (Wildman–Crippen MR) is 85.2 cm³/mol. The summed E-state index contributed by atoms with van der Waals surface area (Å²) < 4.78 is 1.15. The molecule has 19 heavy (non-hydrogen) atoms. The maximum atomic E-state index is 3.49. The van der Waals surface area contributed by atoms with E-state index in [4.69, 9.17) is 0 Å². The van der Waals surface area contributed by atoms with Crippen molar-refractivity contribution >= 4 is 15.9 Å². The monoisotopic (exact) mass is 317 g/mol. The molecule has 1 N–H and O–H groups in total. The van der Waals surface area contributed by atoms with Gasteiger partial charge in [0.1, 0.15) is 0 Å². The minimum atomic E-state index is 0.949. The Kier molecular flexibility index (Phi) is 6.12. The standard InChI is InChI=1S/C17H20BrN/c18-17-11-6-10-16(13-17)14-19-12-5-4-9-15-7-2-1-3-8-15/h1-3,6-8,10-11,13,19H,4-5,9,12,14H2. The van der Waals surface area contributed by atoms with Crippen molar-refractivity contribution in [2.45, 2.75) is 25.8 Å². The Balaban J connectivity index is 1.58. The molecule has 2 aromatic rings. The Labute approximate surface area is 124 Å². The van der Waals surface area contributed by atoms with Gasteiger partial charge in [-0.25, -0.2) is 0 Å². The van der Waals surface area contributed by atoms with E-state index in [1.165, 1.54) is 30.4 Å². The first kappa shape index (κ1) is 14.3. The molecule has 0 saturated carbocycles. The Hall–Kier alpha value is -1.12. The maximum Gasteiger partial charge on any atom is 0.0205 e. The fourth-order valence-corrected chi connectivity index (χ4v) is 2.55. The topological polar surface area (TPSA) is 12.0 Å². The molecule has 1 nitrogen and oxygen atoms in total. The molecule has 0 bridgehead atoms. The van der Waals surface area contributed by atoms with Gasteiger partial charge in [0.15, 0.2) is 0 Å². The van der Waals surface area contributed by atoms with Gasteiger partial charge in [-0.3, -0.25) is 0 Å². The van der Waals surface area contributed by atoms with E-state index < -0.39 is 0 Å². The Morgan fingerprint density at radius 3 is 2.42 bits per heavy atom. The lowest BCUT2D eigenvalue weighted by atomic mass is 10.1. The van der Waals surface area contributed by atoms with Gasteiger partial charge in [0.05, 0.1) is 0 Å². The SMILES string of the molecule is Brc1cccc(CNCCCCc2ccccc2)c1. The molecule has 0 aliphatic carbocycles. The van der Waals surface area contributed by atoms with Crippen LogP contribution in [-0.2, 0) is 13.0 Å². The van der Waals surface area contributed by atoms with Crippen LogP contribution in [0.1, 0.15) is 24.0 Å². The van der Waals surface area contributed by atoms with Crippen molar-refractivity contribution < 1.29 is 0 Å². The van der Waals surface area contributed by atoms with Crippen LogP contribution >= 0.6 is 15.9 Å². The molecular weight excluding hydrogens is 298 g/mol. The summed E-state index contributed by atoms with van der Waals surface area (Å²) >= 11 is 3.49. The number of hydrogen-bond donors (Lipinski definition) is 1. The van der Waals surface area contributed by atoms with Crippen LogP contribution < -0.4 is 5.32 Å². The average molecular weight is 318 g/mol. The van der Waals surface area contributed by atoms with Crippen molar-refractivity contribution in [2.75, 3.05) is 6.54 Å². The van der Waals surface area contributed by atoms with Crippen molar-refractivity contribution in [2.24, 2.45) is 0 Å². The number of benzene rings is 2. The Morgan fingerprint density at radius 2 is 1.63 bits per heavy atom. The summed E-state index contributed by atoms with van der Waals surface area (Å²) in [4.78, 5) is 0. The minimum Gasteiger partial charge on any atom is -0.313 e. The highest BCUT2D eigenvalue weighted by Gasteiger charge is 1.95. The van der Waals surface area contributed by atoms with Gasteiger partial charge in [0.25, 0.3) is 0 Å². The van der Waals surface area contributed by atoms with Gasteiger partial charge in [-0.15, -0.1) is 0 Å². The Morgan fingerprint density at radius 1 is 0.842 bits per heavy atom. The quantitative estimate of drug-likeness (QED) is 0.738. The first-order valence-corrected chi connectivity index (χ1v) is 7.63. The van der Waals surface area contributed by atoms with Crippen molar-refractivity contribution in [3.8, 4) is 0 Å².